The second kappa shape index (κ2) is 10.3. The van der Waals surface area contributed by atoms with E-state index in [0.717, 1.165) is 29.7 Å². The summed E-state index contributed by atoms with van der Waals surface area (Å²) >= 11 is 6.27. The van der Waals surface area contributed by atoms with Crippen molar-refractivity contribution in [3.8, 4) is 5.75 Å². The van der Waals surface area contributed by atoms with Gasteiger partial charge in [0.1, 0.15) is 29.8 Å². The SMILES string of the molecule is CCOC(=O)c1cc(F)cc(C2=C(c3cc(Cl)ccc3OCc3ccc(F)cc3F)CCC2)c1. The van der Waals surface area contributed by atoms with Crippen molar-refractivity contribution in [2.75, 3.05) is 6.61 Å². The summed E-state index contributed by atoms with van der Waals surface area (Å²) in [5.74, 6) is -2.00. The Labute approximate surface area is 200 Å². The summed E-state index contributed by atoms with van der Waals surface area (Å²) in [5.41, 5.74) is 3.45. The average Bonchev–Trinajstić information content (AvgIpc) is 3.29. The monoisotopic (exact) mass is 486 g/mol. The van der Waals surface area contributed by atoms with Crippen molar-refractivity contribution in [2.45, 2.75) is 32.8 Å². The maximum atomic E-state index is 14.4. The number of halogens is 4. The van der Waals surface area contributed by atoms with Crippen molar-refractivity contribution in [3.05, 3.63) is 99.3 Å². The van der Waals surface area contributed by atoms with E-state index in [1.54, 1.807) is 31.2 Å². The molecule has 176 valence electrons. The number of hydrogen-bond acceptors (Lipinski definition) is 3. The van der Waals surface area contributed by atoms with E-state index in [1.165, 1.54) is 18.2 Å². The minimum absolute atomic E-state index is 0.101. The van der Waals surface area contributed by atoms with Gasteiger partial charge >= 0.3 is 5.97 Å². The van der Waals surface area contributed by atoms with Gasteiger partial charge in [-0.2, -0.15) is 0 Å². The van der Waals surface area contributed by atoms with Gasteiger partial charge in [-0.05, 0) is 91.4 Å². The molecule has 0 atom stereocenters. The number of carbonyl (C=O) groups excluding carboxylic acids is 1. The van der Waals surface area contributed by atoms with Crippen LogP contribution in [0.1, 0.15) is 53.2 Å². The van der Waals surface area contributed by atoms with E-state index < -0.39 is 23.4 Å². The third-order valence-electron chi connectivity index (χ3n) is 5.64. The first-order valence-corrected chi connectivity index (χ1v) is 11.3. The standard InChI is InChI=1S/C27H22ClF3O3/c1-2-33-27(32)18-10-17(11-21(30)12-18)22-4-3-5-23(22)24-13-19(28)7-9-26(24)34-15-16-6-8-20(29)14-25(16)31/h6-14H,2-5,15H2,1H3. The number of esters is 1. The van der Waals surface area contributed by atoms with Crippen molar-refractivity contribution in [1.29, 1.82) is 0 Å². The third-order valence-corrected chi connectivity index (χ3v) is 5.88. The predicted octanol–water partition coefficient (Wildman–Crippen LogP) is 7.61. The van der Waals surface area contributed by atoms with E-state index in [-0.39, 0.29) is 24.3 Å². The van der Waals surface area contributed by atoms with Crippen molar-refractivity contribution < 1.29 is 27.4 Å². The van der Waals surface area contributed by atoms with Crippen LogP contribution in [-0.4, -0.2) is 12.6 Å². The van der Waals surface area contributed by atoms with Gasteiger partial charge in [0.25, 0.3) is 0 Å². The molecule has 0 amide bonds. The number of ether oxygens (including phenoxy) is 2. The molecule has 0 heterocycles. The van der Waals surface area contributed by atoms with E-state index in [2.05, 4.69) is 0 Å². The van der Waals surface area contributed by atoms with Crippen molar-refractivity contribution in [3.63, 3.8) is 0 Å². The van der Waals surface area contributed by atoms with Crippen LogP contribution >= 0.6 is 11.6 Å². The number of benzene rings is 3. The molecule has 0 spiro atoms. The van der Waals surface area contributed by atoms with Crippen LogP contribution in [0.4, 0.5) is 13.2 Å². The van der Waals surface area contributed by atoms with Gasteiger partial charge in [0.2, 0.25) is 0 Å². The van der Waals surface area contributed by atoms with Gasteiger partial charge in [0.15, 0.2) is 0 Å². The molecule has 0 N–H and O–H groups in total. The summed E-state index contributed by atoms with van der Waals surface area (Å²) in [5, 5.41) is 0.487. The highest BCUT2D eigenvalue weighted by Crippen LogP contribution is 2.44. The molecule has 0 unspecified atom stereocenters. The Morgan fingerprint density at radius 1 is 0.941 bits per heavy atom. The Morgan fingerprint density at radius 2 is 1.74 bits per heavy atom. The van der Waals surface area contributed by atoms with Crippen molar-refractivity contribution in [2.24, 2.45) is 0 Å². The molecule has 4 rings (SSSR count). The Balaban J connectivity index is 1.72. The van der Waals surface area contributed by atoms with Gasteiger partial charge in [0, 0.05) is 22.2 Å². The van der Waals surface area contributed by atoms with Gasteiger partial charge in [-0.1, -0.05) is 11.6 Å². The van der Waals surface area contributed by atoms with Crippen LogP contribution in [-0.2, 0) is 11.3 Å². The summed E-state index contributed by atoms with van der Waals surface area (Å²) in [4.78, 5) is 12.2. The highest BCUT2D eigenvalue weighted by atomic mass is 35.5. The molecule has 0 bridgehead atoms. The number of carbonyl (C=O) groups is 1. The molecule has 1 aliphatic carbocycles. The Hall–Kier alpha value is -3.25. The smallest absolute Gasteiger partial charge is 0.338 e. The lowest BCUT2D eigenvalue weighted by Crippen LogP contribution is -2.06. The van der Waals surface area contributed by atoms with Crippen LogP contribution < -0.4 is 4.74 Å². The minimum atomic E-state index is -0.692. The first kappa shape index (κ1) is 23.9. The van der Waals surface area contributed by atoms with Crippen molar-refractivity contribution >= 4 is 28.7 Å². The first-order chi connectivity index (χ1) is 16.4. The zero-order valence-corrected chi connectivity index (χ0v) is 19.2. The first-order valence-electron chi connectivity index (χ1n) is 10.9. The predicted molar refractivity (Wildman–Crippen MR) is 125 cm³/mol. The highest BCUT2D eigenvalue weighted by molar-refractivity contribution is 6.30. The van der Waals surface area contributed by atoms with Crippen molar-refractivity contribution in [1.82, 2.24) is 0 Å². The number of hydrogen-bond donors (Lipinski definition) is 0. The third kappa shape index (κ3) is 5.28. The van der Waals surface area contributed by atoms with Gasteiger partial charge in [-0.3, -0.25) is 0 Å². The van der Waals surface area contributed by atoms with E-state index >= 15 is 0 Å². The molecule has 0 aromatic heterocycles. The summed E-state index contributed by atoms with van der Waals surface area (Å²) in [6.07, 6.45) is 2.20. The lowest BCUT2D eigenvalue weighted by Gasteiger charge is -2.16. The average molecular weight is 487 g/mol. The van der Waals surface area contributed by atoms with E-state index in [4.69, 9.17) is 21.1 Å². The molecule has 0 radical (unpaired) electrons. The van der Waals surface area contributed by atoms with Crippen LogP contribution in [0.15, 0.2) is 54.6 Å². The normalized spacial score (nSPS) is 13.3. The van der Waals surface area contributed by atoms with Crippen LogP contribution in [0.3, 0.4) is 0 Å². The Kier molecular flexibility index (Phi) is 7.27. The summed E-state index contributed by atoms with van der Waals surface area (Å²) in [7, 11) is 0. The van der Waals surface area contributed by atoms with Gasteiger partial charge in [-0.25, -0.2) is 18.0 Å². The van der Waals surface area contributed by atoms with Crippen LogP contribution in [0.25, 0.3) is 11.1 Å². The largest absolute Gasteiger partial charge is 0.488 e. The summed E-state index contributed by atoms with van der Waals surface area (Å²) < 4.78 is 52.6. The highest BCUT2D eigenvalue weighted by Gasteiger charge is 2.23. The quantitative estimate of drug-likeness (QED) is 0.322. The molecule has 34 heavy (non-hydrogen) atoms. The fourth-order valence-electron chi connectivity index (χ4n) is 4.11. The molecule has 0 saturated carbocycles. The zero-order chi connectivity index (χ0) is 24.2. The molecule has 7 heteroatoms. The van der Waals surface area contributed by atoms with Crippen LogP contribution in [0.5, 0.6) is 5.75 Å². The fraction of sp³-hybridized carbons (Fsp3) is 0.222. The number of rotatable bonds is 7. The molecule has 3 nitrogen and oxygen atoms in total. The maximum absolute atomic E-state index is 14.4. The molecule has 0 fully saturated rings. The second-order valence-corrected chi connectivity index (χ2v) is 8.36. The van der Waals surface area contributed by atoms with Gasteiger partial charge in [0.05, 0.1) is 12.2 Å². The Bertz CT molecular complexity index is 1270. The molecule has 1 aliphatic rings. The molecular weight excluding hydrogens is 465 g/mol. The van der Waals surface area contributed by atoms with E-state index in [1.807, 2.05) is 0 Å². The summed E-state index contributed by atoms with van der Waals surface area (Å²) in [6, 6.07) is 12.6. The molecule has 3 aromatic carbocycles. The van der Waals surface area contributed by atoms with Gasteiger partial charge < -0.3 is 9.47 Å². The second-order valence-electron chi connectivity index (χ2n) is 7.92. The molecular formula is C27H22ClF3O3. The van der Waals surface area contributed by atoms with Gasteiger partial charge in [-0.15, -0.1) is 0 Å². The Morgan fingerprint density at radius 3 is 2.50 bits per heavy atom. The van der Waals surface area contributed by atoms with E-state index in [9.17, 15) is 18.0 Å². The summed E-state index contributed by atoms with van der Waals surface area (Å²) in [6.45, 7) is 1.78. The maximum Gasteiger partial charge on any atom is 0.338 e. The van der Waals surface area contributed by atoms with Crippen LogP contribution in [0, 0.1) is 17.5 Å². The van der Waals surface area contributed by atoms with E-state index in [0.29, 0.717) is 34.7 Å². The lowest BCUT2D eigenvalue weighted by atomic mass is 9.95. The zero-order valence-electron chi connectivity index (χ0n) is 18.5. The number of allylic oxidation sites excluding steroid dienone is 2. The topological polar surface area (TPSA) is 35.5 Å². The molecule has 3 aromatic rings. The minimum Gasteiger partial charge on any atom is -0.488 e. The fourth-order valence-corrected chi connectivity index (χ4v) is 4.29. The lowest BCUT2D eigenvalue weighted by molar-refractivity contribution is 0.0525. The van der Waals surface area contributed by atoms with Crippen LogP contribution in [0.2, 0.25) is 5.02 Å². The molecule has 0 aliphatic heterocycles. The molecule has 0 saturated heterocycles.